The molecule has 1 aliphatic rings. The van der Waals surface area contributed by atoms with Crippen LogP contribution in [0.5, 0.6) is 5.75 Å². The number of piperazine rings is 1. The fourth-order valence-electron chi connectivity index (χ4n) is 1.92. The number of nitrogens with zero attached hydrogens (tertiary/aromatic N) is 1. The molecule has 2 rings (SSSR count). The molecule has 1 N–H and O–H groups in total. The van der Waals surface area contributed by atoms with Crippen molar-refractivity contribution in [1.82, 2.24) is 10.2 Å². The number of nitrogens with one attached hydrogen (secondary N) is 1. The third kappa shape index (κ3) is 2.80. The third-order valence-corrected chi connectivity index (χ3v) is 3.04. The van der Waals surface area contributed by atoms with Crippen LogP contribution < -0.4 is 10.1 Å². The van der Waals surface area contributed by atoms with Crippen LogP contribution in [0.2, 0.25) is 5.02 Å². The second-order valence-corrected chi connectivity index (χ2v) is 4.44. The van der Waals surface area contributed by atoms with Gasteiger partial charge in [-0.15, -0.1) is 0 Å². The smallest absolute Gasteiger partial charge is 0.240 e. The van der Waals surface area contributed by atoms with E-state index in [1.807, 2.05) is 0 Å². The molecule has 0 aromatic heterocycles. The predicted octanol–water partition coefficient (Wildman–Crippen LogP) is 0.807. The molecule has 96 valence electrons. The topological polar surface area (TPSA) is 58.6 Å². The van der Waals surface area contributed by atoms with Crippen LogP contribution in [0.25, 0.3) is 0 Å². The Kier molecular flexibility index (Phi) is 3.84. The van der Waals surface area contributed by atoms with Crippen molar-refractivity contribution in [2.75, 3.05) is 20.2 Å². The fraction of sp³-hybridized carbons (Fsp3) is 0.333. The number of ether oxygens (including phenoxy) is 1. The van der Waals surface area contributed by atoms with Gasteiger partial charge in [0.1, 0.15) is 5.75 Å². The van der Waals surface area contributed by atoms with E-state index in [-0.39, 0.29) is 24.9 Å². The minimum Gasteiger partial charge on any atom is -0.496 e. The summed E-state index contributed by atoms with van der Waals surface area (Å²) in [4.78, 5) is 24.3. The maximum atomic E-state index is 11.3. The summed E-state index contributed by atoms with van der Waals surface area (Å²) in [7, 11) is 1.56. The van der Waals surface area contributed by atoms with E-state index in [2.05, 4.69) is 5.32 Å². The molecule has 0 unspecified atom stereocenters. The molecule has 0 spiro atoms. The molecule has 0 aliphatic carbocycles. The summed E-state index contributed by atoms with van der Waals surface area (Å²) in [5.74, 6) is 0.0653. The number of benzene rings is 1. The Hall–Kier alpha value is -1.59. The van der Waals surface area contributed by atoms with E-state index >= 15 is 0 Å². The molecule has 18 heavy (non-hydrogen) atoms. The molecule has 1 saturated heterocycles. The summed E-state index contributed by atoms with van der Waals surface area (Å²) in [5.41, 5.74) is 0.782. The summed E-state index contributed by atoms with van der Waals surface area (Å²) < 4.78 is 5.22. The second-order valence-electron chi connectivity index (χ2n) is 4.04. The zero-order valence-electron chi connectivity index (χ0n) is 9.90. The Morgan fingerprint density at radius 3 is 2.61 bits per heavy atom. The summed E-state index contributed by atoms with van der Waals surface area (Å²) in [6.07, 6.45) is 0. The molecule has 0 radical (unpaired) electrons. The number of amides is 2. The third-order valence-electron chi connectivity index (χ3n) is 2.69. The van der Waals surface area contributed by atoms with Gasteiger partial charge in [-0.2, -0.15) is 0 Å². The van der Waals surface area contributed by atoms with E-state index in [0.717, 1.165) is 5.56 Å². The summed E-state index contributed by atoms with van der Waals surface area (Å²) >= 11 is 6.11. The van der Waals surface area contributed by atoms with E-state index < -0.39 is 0 Å². The van der Waals surface area contributed by atoms with Gasteiger partial charge in [0.05, 0.1) is 20.2 Å². The van der Waals surface area contributed by atoms with Crippen LogP contribution in [0.3, 0.4) is 0 Å². The van der Waals surface area contributed by atoms with E-state index in [9.17, 15) is 9.59 Å². The van der Waals surface area contributed by atoms with Crippen molar-refractivity contribution in [3.05, 3.63) is 28.8 Å². The molecular formula is C12H13ClN2O3. The van der Waals surface area contributed by atoms with Gasteiger partial charge >= 0.3 is 0 Å². The van der Waals surface area contributed by atoms with Gasteiger partial charge in [-0.1, -0.05) is 17.7 Å². The standard InChI is InChI=1S/C12H13ClN2O3/c1-18-10-4-2-3-9(13)8(10)5-15-6-11(16)14-12(17)7-15/h2-4H,5-7H2,1H3,(H,14,16,17). The Balaban J connectivity index is 2.18. The van der Waals surface area contributed by atoms with Crippen molar-refractivity contribution < 1.29 is 14.3 Å². The molecule has 1 aromatic rings. The highest BCUT2D eigenvalue weighted by Gasteiger charge is 2.23. The normalized spacial score (nSPS) is 16.6. The number of halogens is 1. The molecule has 1 aromatic carbocycles. The van der Waals surface area contributed by atoms with Gasteiger partial charge in [-0.3, -0.25) is 19.8 Å². The van der Waals surface area contributed by atoms with Crippen LogP contribution in [-0.2, 0) is 16.1 Å². The lowest BCUT2D eigenvalue weighted by Crippen LogP contribution is -2.50. The lowest BCUT2D eigenvalue weighted by molar-refractivity contribution is -0.136. The average Bonchev–Trinajstić information content (AvgIpc) is 2.30. The van der Waals surface area contributed by atoms with E-state index in [0.29, 0.717) is 17.3 Å². The van der Waals surface area contributed by atoms with Crippen molar-refractivity contribution >= 4 is 23.4 Å². The number of carbonyl (C=O) groups is 2. The van der Waals surface area contributed by atoms with Gasteiger partial charge in [0.15, 0.2) is 0 Å². The zero-order valence-corrected chi connectivity index (χ0v) is 10.7. The first-order valence-electron chi connectivity index (χ1n) is 5.46. The highest BCUT2D eigenvalue weighted by atomic mass is 35.5. The van der Waals surface area contributed by atoms with Crippen molar-refractivity contribution in [2.45, 2.75) is 6.54 Å². The van der Waals surface area contributed by atoms with Crippen LogP contribution in [-0.4, -0.2) is 36.9 Å². The van der Waals surface area contributed by atoms with Crippen molar-refractivity contribution in [1.29, 1.82) is 0 Å². The molecule has 1 aliphatic heterocycles. The Bertz CT molecular complexity index is 474. The summed E-state index contributed by atoms with van der Waals surface area (Å²) in [6, 6.07) is 5.34. The molecule has 2 amide bonds. The first kappa shape index (κ1) is 12.9. The molecule has 0 bridgehead atoms. The van der Waals surface area contributed by atoms with Gasteiger partial charge in [0, 0.05) is 17.1 Å². The summed E-state index contributed by atoms with van der Waals surface area (Å²) in [5, 5.41) is 2.82. The molecule has 0 atom stereocenters. The number of methoxy groups -OCH3 is 1. The molecule has 1 heterocycles. The Morgan fingerprint density at radius 2 is 2.00 bits per heavy atom. The first-order chi connectivity index (χ1) is 8.60. The first-order valence-corrected chi connectivity index (χ1v) is 5.84. The van der Waals surface area contributed by atoms with Gasteiger partial charge in [-0.25, -0.2) is 0 Å². The van der Waals surface area contributed by atoms with E-state index in [1.165, 1.54) is 0 Å². The fourth-order valence-corrected chi connectivity index (χ4v) is 2.14. The number of imide groups is 1. The SMILES string of the molecule is COc1cccc(Cl)c1CN1CC(=O)NC(=O)C1. The van der Waals surface area contributed by atoms with Gasteiger partial charge < -0.3 is 4.74 Å². The quantitative estimate of drug-likeness (QED) is 0.824. The lowest BCUT2D eigenvalue weighted by atomic mass is 10.1. The zero-order chi connectivity index (χ0) is 13.1. The number of hydrogen-bond acceptors (Lipinski definition) is 4. The minimum absolute atomic E-state index is 0.181. The largest absolute Gasteiger partial charge is 0.496 e. The van der Waals surface area contributed by atoms with Crippen molar-refractivity contribution in [3.8, 4) is 5.75 Å². The molecule has 0 saturated carbocycles. The van der Waals surface area contributed by atoms with E-state index in [4.69, 9.17) is 16.3 Å². The van der Waals surface area contributed by atoms with Crippen LogP contribution in [0, 0.1) is 0 Å². The van der Waals surface area contributed by atoms with Gasteiger partial charge in [-0.05, 0) is 12.1 Å². The predicted molar refractivity (Wildman–Crippen MR) is 66.4 cm³/mol. The van der Waals surface area contributed by atoms with Crippen molar-refractivity contribution in [3.63, 3.8) is 0 Å². The maximum Gasteiger partial charge on any atom is 0.240 e. The second kappa shape index (κ2) is 5.37. The van der Waals surface area contributed by atoms with Crippen LogP contribution in [0.1, 0.15) is 5.56 Å². The molecule has 5 nitrogen and oxygen atoms in total. The van der Waals surface area contributed by atoms with Crippen molar-refractivity contribution in [2.24, 2.45) is 0 Å². The molecule has 1 fully saturated rings. The Labute approximate surface area is 110 Å². The monoisotopic (exact) mass is 268 g/mol. The van der Waals surface area contributed by atoms with E-state index in [1.54, 1.807) is 30.2 Å². The van der Waals surface area contributed by atoms with Gasteiger partial charge in [0.25, 0.3) is 0 Å². The highest BCUT2D eigenvalue weighted by molar-refractivity contribution is 6.31. The number of hydrogen-bond donors (Lipinski definition) is 1. The lowest BCUT2D eigenvalue weighted by Gasteiger charge is -2.26. The van der Waals surface area contributed by atoms with Crippen LogP contribution in [0.15, 0.2) is 18.2 Å². The highest BCUT2D eigenvalue weighted by Crippen LogP contribution is 2.27. The minimum atomic E-state index is -0.294. The van der Waals surface area contributed by atoms with Crippen LogP contribution in [0.4, 0.5) is 0 Å². The van der Waals surface area contributed by atoms with Crippen LogP contribution >= 0.6 is 11.6 Å². The maximum absolute atomic E-state index is 11.3. The number of rotatable bonds is 3. The molecular weight excluding hydrogens is 256 g/mol. The average molecular weight is 269 g/mol. The number of carbonyl (C=O) groups excluding carboxylic acids is 2. The molecule has 6 heteroatoms. The Morgan fingerprint density at radius 1 is 1.33 bits per heavy atom. The summed E-state index contributed by atoms with van der Waals surface area (Å²) in [6.45, 7) is 0.766. The van der Waals surface area contributed by atoms with Gasteiger partial charge in [0.2, 0.25) is 11.8 Å².